The van der Waals surface area contributed by atoms with Gasteiger partial charge in [0.15, 0.2) is 0 Å². The lowest BCUT2D eigenvalue weighted by atomic mass is 10.4. The van der Waals surface area contributed by atoms with E-state index in [1.807, 2.05) is 10.9 Å². The van der Waals surface area contributed by atoms with Crippen LogP contribution in [-0.2, 0) is 14.3 Å². The predicted molar refractivity (Wildman–Crippen MR) is 53.3 cm³/mol. The SMILES string of the molecule is CCOC(=O)NNC(=O)NCCC(=O)OC. The van der Waals surface area contributed by atoms with Crippen LogP contribution in [0.25, 0.3) is 0 Å². The smallest absolute Gasteiger partial charge is 0.426 e. The molecule has 0 spiro atoms. The first-order chi connectivity index (χ1) is 7.60. The Kier molecular flexibility index (Phi) is 7.29. The molecular weight excluding hydrogens is 218 g/mol. The lowest BCUT2D eigenvalue weighted by molar-refractivity contribution is -0.140. The van der Waals surface area contributed by atoms with Gasteiger partial charge in [0.2, 0.25) is 0 Å². The van der Waals surface area contributed by atoms with Gasteiger partial charge in [-0.1, -0.05) is 0 Å². The number of methoxy groups -OCH3 is 1. The van der Waals surface area contributed by atoms with Gasteiger partial charge in [0, 0.05) is 6.54 Å². The van der Waals surface area contributed by atoms with Crippen molar-refractivity contribution in [2.24, 2.45) is 0 Å². The van der Waals surface area contributed by atoms with E-state index in [9.17, 15) is 14.4 Å². The minimum atomic E-state index is -0.759. The number of hydrogen-bond donors (Lipinski definition) is 3. The second kappa shape index (κ2) is 8.33. The highest BCUT2D eigenvalue weighted by atomic mass is 16.6. The molecule has 0 aliphatic rings. The van der Waals surface area contributed by atoms with E-state index in [2.05, 4.69) is 14.8 Å². The second-order valence-corrected chi connectivity index (χ2v) is 2.55. The fourth-order valence-corrected chi connectivity index (χ4v) is 0.699. The summed E-state index contributed by atoms with van der Waals surface area (Å²) in [5.74, 6) is -0.432. The number of hydrazine groups is 1. The average molecular weight is 233 g/mol. The summed E-state index contributed by atoms with van der Waals surface area (Å²) < 4.78 is 8.85. The second-order valence-electron chi connectivity index (χ2n) is 2.55. The van der Waals surface area contributed by atoms with Gasteiger partial charge in [-0.15, -0.1) is 0 Å². The van der Waals surface area contributed by atoms with Crippen LogP contribution in [0.15, 0.2) is 0 Å². The highest BCUT2D eigenvalue weighted by Crippen LogP contribution is 1.80. The van der Waals surface area contributed by atoms with Crippen molar-refractivity contribution < 1.29 is 23.9 Å². The summed E-state index contributed by atoms with van der Waals surface area (Å²) in [6.45, 7) is 1.95. The Morgan fingerprint density at radius 1 is 1.19 bits per heavy atom. The standard InChI is InChI=1S/C8H15N3O5/c1-3-16-8(14)11-10-7(13)9-5-4-6(12)15-2/h3-5H2,1-2H3,(H,11,14)(H2,9,10,13). The molecule has 0 saturated carbocycles. The van der Waals surface area contributed by atoms with Crippen molar-refractivity contribution >= 4 is 18.1 Å². The van der Waals surface area contributed by atoms with Crippen LogP contribution in [-0.4, -0.2) is 38.4 Å². The van der Waals surface area contributed by atoms with Gasteiger partial charge in [0.1, 0.15) is 0 Å². The summed E-state index contributed by atoms with van der Waals surface area (Å²) in [5, 5.41) is 2.32. The Balaban J connectivity index is 3.52. The molecule has 0 rings (SSSR count). The Morgan fingerprint density at radius 2 is 1.88 bits per heavy atom. The summed E-state index contributed by atoms with van der Waals surface area (Å²) in [5.41, 5.74) is 4.03. The molecule has 8 heteroatoms. The third kappa shape index (κ3) is 7.42. The number of carbonyl (C=O) groups excluding carboxylic acids is 3. The predicted octanol–water partition coefficient (Wildman–Crippen LogP) is -0.490. The number of rotatable bonds is 4. The van der Waals surface area contributed by atoms with Gasteiger partial charge in [-0.2, -0.15) is 0 Å². The van der Waals surface area contributed by atoms with E-state index in [1.165, 1.54) is 7.11 Å². The summed E-state index contributed by atoms with van der Waals surface area (Å²) in [4.78, 5) is 32.4. The van der Waals surface area contributed by atoms with E-state index in [4.69, 9.17) is 0 Å². The maximum absolute atomic E-state index is 11.0. The molecule has 0 unspecified atom stereocenters. The number of nitrogens with one attached hydrogen (secondary N) is 3. The van der Waals surface area contributed by atoms with Gasteiger partial charge < -0.3 is 14.8 Å². The molecule has 0 saturated heterocycles. The van der Waals surface area contributed by atoms with Crippen LogP contribution in [0.5, 0.6) is 0 Å². The fourth-order valence-electron chi connectivity index (χ4n) is 0.699. The molecule has 0 fully saturated rings. The minimum Gasteiger partial charge on any atom is -0.469 e. The molecule has 92 valence electrons. The molecule has 3 amide bonds. The van der Waals surface area contributed by atoms with Crippen LogP contribution in [0.2, 0.25) is 0 Å². The van der Waals surface area contributed by atoms with Crippen LogP contribution in [0.3, 0.4) is 0 Å². The first-order valence-electron chi connectivity index (χ1n) is 4.63. The van der Waals surface area contributed by atoms with Gasteiger partial charge in [0.05, 0.1) is 20.1 Å². The Morgan fingerprint density at radius 3 is 2.44 bits per heavy atom. The zero-order valence-corrected chi connectivity index (χ0v) is 9.16. The summed E-state index contributed by atoms with van der Waals surface area (Å²) in [7, 11) is 1.25. The van der Waals surface area contributed by atoms with Crippen LogP contribution >= 0.6 is 0 Å². The molecule has 0 atom stereocenters. The molecule has 0 aromatic heterocycles. The van der Waals surface area contributed by atoms with E-state index < -0.39 is 18.1 Å². The van der Waals surface area contributed by atoms with E-state index >= 15 is 0 Å². The number of hydrogen-bond acceptors (Lipinski definition) is 5. The quantitative estimate of drug-likeness (QED) is 0.449. The Hall–Kier alpha value is -1.99. The summed E-state index contributed by atoms with van der Waals surface area (Å²) in [6, 6.07) is -0.642. The number of carbonyl (C=O) groups is 3. The topological polar surface area (TPSA) is 106 Å². The molecule has 0 aromatic carbocycles. The maximum Gasteiger partial charge on any atom is 0.426 e. The first-order valence-corrected chi connectivity index (χ1v) is 4.63. The van der Waals surface area contributed by atoms with E-state index in [0.29, 0.717) is 0 Å². The van der Waals surface area contributed by atoms with Gasteiger partial charge in [-0.05, 0) is 6.92 Å². The molecule has 8 nitrogen and oxygen atoms in total. The van der Waals surface area contributed by atoms with E-state index in [-0.39, 0.29) is 19.6 Å². The first kappa shape index (κ1) is 14.0. The fraction of sp³-hybridized carbons (Fsp3) is 0.625. The highest BCUT2D eigenvalue weighted by Gasteiger charge is 2.04. The van der Waals surface area contributed by atoms with Crippen molar-refractivity contribution in [3.05, 3.63) is 0 Å². The maximum atomic E-state index is 11.0. The van der Waals surface area contributed by atoms with Gasteiger partial charge >= 0.3 is 18.1 Å². The van der Waals surface area contributed by atoms with Gasteiger partial charge in [-0.3, -0.25) is 4.79 Å². The number of urea groups is 1. The zero-order chi connectivity index (χ0) is 12.4. The van der Waals surface area contributed by atoms with Crippen LogP contribution in [0.1, 0.15) is 13.3 Å². The molecule has 0 radical (unpaired) electrons. The normalized spacial score (nSPS) is 8.88. The van der Waals surface area contributed by atoms with Crippen LogP contribution in [0.4, 0.5) is 9.59 Å². The average Bonchev–Trinajstić information content (AvgIpc) is 2.26. The van der Waals surface area contributed by atoms with Crippen LogP contribution in [0, 0.1) is 0 Å². The largest absolute Gasteiger partial charge is 0.469 e. The molecule has 3 N–H and O–H groups in total. The minimum absolute atomic E-state index is 0.0589. The van der Waals surface area contributed by atoms with Gasteiger partial charge in [-0.25, -0.2) is 20.4 Å². The molecule has 0 aromatic rings. The lowest BCUT2D eigenvalue weighted by Gasteiger charge is -2.07. The van der Waals surface area contributed by atoms with Gasteiger partial charge in [0.25, 0.3) is 0 Å². The van der Waals surface area contributed by atoms with Crippen molar-refractivity contribution in [2.45, 2.75) is 13.3 Å². The van der Waals surface area contributed by atoms with E-state index in [0.717, 1.165) is 0 Å². The summed E-state index contributed by atoms with van der Waals surface area (Å²) in [6.07, 6.45) is -0.700. The number of ether oxygens (including phenoxy) is 2. The van der Waals surface area contributed by atoms with Crippen molar-refractivity contribution in [3.8, 4) is 0 Å². The molecule has 0 bridgehead atoms. The monoisotopic (exact) mass is 233 g/mol. The zero-order valence-electron chi connectivity index (χ0n) is 9.16. The Labute approximate surface area is 92.6 Å². The number of amides is 3. The van der Waals surface area contributed by atoms with Crippen molar-refractivity contribution in [2.75, 3.05) is 20.3 Å². The lowest BCUT2D eigenvalue weighted by Crippen LogP contribution is -2.47. The molecule has 0 aliphatic carbocycles. The van der Waals surface area contributed by atoms with Crippen molar-refractivity contribution in [1.29, 1.82) is 0 Å². The highest BCUT2D eigenvalue weighted by molar-refractivity contribution is 5.78. The molecule has 0 heterocycles. The van der Waals surface area contributed by atoms with Crippen molar-refractivity contribution in [3.63, 3.8) is 0 Å². The summed E-state index contributed by atoms with van der Waals surface area (Å²) >= 11 is 0. The van der Waals surface area contributed by atoms with Crippen molar-refractivity contribution in [1.82, 2.24) is 16.2 Å². The third-order valence-electron chi connectivity index (χ3n) is 1.40. The molecule has 0 aliphatic heterocycles. The third-order valence-corrected chi connectivity index (χ3v) is 1.40. The molecular formula is C8H15N3O5. The Bertz CT molecular complexity index is 256. The van der Waals surface area contributed by atoms with E-state index in [1.54, 1.807) is 6.92 Å². The number of esters is 1. The molecule has 16 heavy (non-hydrogen) atoms. The van der Waals surface area contributed by atoms with Crippen LogP contribution < -0.4 is 16.2 Å².